The number of aromatic nitrogens is 2. The molecule has 2 aromatic heterocycles. The Morgan fingerprint density at radius 3 is 2.95 bits per heavy atom. The fourth-order valence-corrected chi connectivity index (χ4v) is 4.12. The van der Waals surface area contributed by atoms with Crippen LogP contribution in [0.15, 0.2) is 5.38 Å². The number of hydrogen-bond donors (Lipinski definition) is 1. The third kappa shape index (κ3) is 3.12. The maximum atomic E-state index is 11.5. The highest BCUT2D eigenvalue weighted by Gasteiger charge is 2.25. The van der Waals surface area contributed by atoms with Crippen molar-refractivity contribution in [3.8, 4) is 0 Å². The molecule has 1 aliphatic rings. The van der Waals surface area contributed by atoms with Crippen LogP contribution in [0.25, 0.3) is 10.2 Å². The minimum atomic E-state index is -3.38. The lowest BCUT2D eigenvalue weighted by molar-refractivity contribution is 0.0987. The highest BCUT2D eigenvalue weighted by molar-refractivity contribution is 7.92. The van der Waals surface area contributed by atoms with Crippen LogP contribution >= 0.6 is 22.9 Å². The number of ether oxygens (including phenoxy) is 1. The molecule has 120 valence electrons. The number of morpholine rings is 1. The molecule has 3 rings (SSSR count). The number of anilines is 2. The smallest absolute Gasteiger partial charge is 0.229 e. The minimum absolute atomic E-state index is 0.0937. The number of thiophene rings is 1. The van der Waals surface area contributed by atoms with Crippen LogP contribution in [0.5, 0.6) is 0 Å². The molecule has 10 heteroatoms. The Hall–Kier alpha value is -1.16. The maximum absolute atomic E-state index is 11.5. The number of sulfonamides is 1. The predicted molar refractivity (Wildman–Crippen MR) is 88.5 cm³/mol. The summed E-state index contributed by atoms with van der Waals surface area (Å²) < 4.78 is 31.6. The summed E-state index contributed by atoms with van der Waals surface area (Å²) in [5.41, 5.74) is 0.943. The molecular weight excluding hydrogens is 348 g/mol. The summed E-state index contributed by atoms with van der Waals surface area (Å²) in [5.74, 6) is 0.720. The van der Waals surface area contributed by atoms with Gasteiger partial charge in [-0.15, -0.1) is 11.3 Å². The minimum Gasteiger partial charge on any atom is -0.377 e. The zero-order valence-corrected chi connectivity index (χ0v) is 14.4. The summed E-state index contributed by atoms with van der Waals surface area (Å²) in [4.78, 5) is 10.6. The van der Waals surface area contributed by atoms with E-state index in [1.54, 1.807) is 5.38 Å². The van der Waals surface area contributed by atoms with E-state index in [4.69, 9.17) is 16.3 Å². The summed E-state index contributed by atoms with van der Waals surface area (Å²) in [6.07, 6.45) is 1.10. The summed E-state index contributed by atoms with van der Waals surface area (Å²) in [6, 6.07) is 0.163. The molecule has 0 aliphatic carbocycles. The molecular formula is C12H15ClN4O3S2. The summed E-state index contributed by atoms with van der Waals surface area (Å²) in [7, 11) is -3.38. The van der Waals surface area contributed by atoms with Gasteiger partial charge in [0.15, 0.2) is 5.82 Å². The largest absolute Gasteiger partial charge is 0.377 e. The van der Waals surface area contributed by atoms with E-state index < -0.39 is 10.0 Å². The van der Waals surface area contributed by atoms with Gasteiger partial charge in [0.05, 0.1) is 35.9 Å². The van der Waals surface area contributed by atoms with Gasteiger partial charge < -0.3 is 9.64 Å². The molecule has 3 heterocycles. The van der Waals surface area contributed by atoms with Gasteiger partial charge >= 0.3 is 0 Å². The SMILES string of the molecule is C[C@@H]1COCCN1c1nc(Cl)nc2c(NS(C)(=O)=O)csc12. The van der Waals surface area contributed by atoms with Crippen LogP contribution in [0.1, 0.15) is 6.92 Å². The van der Waals surface area contributed by atoms with E-state index in [0.29, 0.717) is 31.0 Å². The Kier molecular flexibility index (Phi) is 4.15. The number of rotatable bonds is 3. The van der Waals surface area contributed by atoms with E-state index in [-0.39, 0.29) is 11.3 Å². The van der Waals surface area contributed by atoms with Crippen molar-refractivity contribution in [3.63, 3.8) is 0 Å². The van der Waals surface area contributed by atoms with Crippen LogP contribution < -0.4 is 9.62 Å². The number of nitrogens with zero attached hydrogens (tertiary/aromatic N) is 3. The van der Waals surface area contributed by atoms with Gasteiger partial charge in [-0.1, -0.05) is 0 Å². The predicted octanol–water partition coefficient (Wildman–Crippen LogP) is 1.94. The maximum Gasteiger partial charge on any atom is 0.229 e. The van der Waals surface area contributed by atoms with Crippen molar-refractivity contribution in [3.05, 3.63) is 10.7 Å². The number of hydrogen-bond acceptors (Lipinski definition) is 7. The molecule has 0 unspecified atom stereocenters. The lowest BCUT2D eigenvalue weighted by Crippen LogP contribution is -2.44. The van der Waals surface area contributed by atoms with Crippen LogP contribution in [-0.2, 0) is 14.8 Å². The van der Waals surface area contributed by atoms with E-state index >= 15 is 0 Å². The molecule has 2 aromatic rings. The van der Waals surface area contributed by atoms with E-state index in [0.717, 1.165) is 16.8 Å². The highest BCUT2D eigenvalue weighted by Crippen LogP contribution is 2.37. The summed E-state index contributed by atoms with van der Waals surface area (Å²) >= 11 is 7.43. The number of fused-ring (bicyclic) bond motifs is 1. The molecule has 1 aliphatic heterocycles. The molecule has 0 radical (unpaired) electrons. The summed E-state index contributed by atoms with van der Waals surface area (Å²) in [6.45, 7) is 3.98. The van der Waals surface area contributed by atoms with Crippen molar-refractivity contribution < 1.29 is 13.2 Å². The van der Waals surface area contributed by atoms with Gasteiger partial charge in [-0.2, -0.15) is 4.98 Å². The molecule has 1 saturated heterocycles. The van der Waals surface area contributed by atoms with Gasteiger partial charge in [0.1, 0.15) is 5.52 Å². The van der Waals surface area contributed by atoms with Crippen molar-refractivity contribution in [1.82, 2.24) is 9.97 Å². The third-order valence-electron chi connectivity index (χ3n) is 3.31. The molecule has 22 heavy (non-hydrogen) atoms. The molecule has 0 spiro atoms. The first-order valence-corrected chi connectivity index (χ1v) is 9.77. The van der Waals surface area contributed by atoms with Crippen LogP contribution in [-0.4, -0.2) is 50.4 Å². The van der Waals surface area contributed by atoms with Gasteiger partial charge in [-0.3, -0.25) is 4.72 Å². The van der Waals surface area contributed by atoms with Crippen molar-refractivity contribution in [2.75, 3.05) is 35.6 Å². The summed E-state index contributed by atoms with van der Waals surface area (Å²) in [5, 5.41) is 1.81. The van der Waals surface area contributed by atoms with Crippen LogP contribution in [0.2, 0.25) is 5.28 Å². The Morgan fingerprint density at radius 2 is 2.27 bits per heavy atom. The Morgan fingerprint density at radius 1 is 1.50 bits per heavy atom. The van der Waals surface area contributed by atoms with E-state index in [2.05, 4.69) is 19.6 Å². The van der Waals surface area contributed by atoms with Gasteiger partial charge in [-0.05, 0) is 18.5 Å². The molecule has 1 atom stereocenters. The van der Waals surface area contributed by atoms with Crippen LogP contribution in [0, 0.1) is 0 Å². The van der Waals surface area contributed by atoms with E-state index in [9.17, 15) is 8.42 Å². The van der Waals surface area contributed by atoms with Crippen molar-refractivity contribution in [1.29, 1.82) is 0 Å². The Labute approximate surface area is 137 Å². The molecule has 1 fully saturated rings. The second-order valence-electron chi connectivity index (χ2n) is 5.13. The standard InChI is InChI=1S/C12H15ClN4O3S2/c1-7-5-20-4-3-17(7)11-10-9(14-12(13)15-11)8(6-21-10)16-22(2,18)19/h6-7,16H,3-5H2,1-2H3/t7-/m1/s1. The van der Waals surface area contributed by atoms with Crippen LogP contribution in [0.3, 0.4) is 0 Å². The van der Waals surface area contributed by atoms with Gasteiger partial charge in [-0.25, -0.2) is 13.4 Å². The van der Waals surface area contributed by atoms with Gasteiger partial charge in [0.2, 0.25) is 15.3 Å². The average molecular weight is 363 g/mol. The first-order chi connectivity index (χ1) is 10.3. The molecule has 1 N–H and O–H groups in total. The number of halogens is 1. The molecule has 0 amide bonds. The number of nitrogens with one attached hydrogen (secondary N) is 1. The third-order valence-corrected chi connectivity index (χ3v) is 5.03. The molecule has 0 aromatic carbocycles. The topological polar surface area (TPSA) is 84.4 Å². The Bertz CT molecular complexity index is 808. The fraction of sp³-hybridized carbons (Fsp3) is 0.500. The zero-order valence-electron chi connectivity index (χ0n) is 12.0. The van der Waals surface area contributed by atoms with Gasteiger partial charge in [0, 0.05) is 11.9 Å². The normalized spacial score (nSPS) is 19.6. The lowest BCUT2D eigenvalue weighted by atomic mass is 10.2. The highest BCUT2D eigenvalue weighted by atomic mass is 35.5. The molecule has 0 bridgehead atoms. The first-order valence-electron chi connectivity index (χ1n) is 6.62. The van der Waals surface area contributed by atoms with Crippen LogP contribution in [0.4, 0.5) is 11.5 Å². The van der Waals surface area contributed by atoms with E-state index in [1.165, 1.54) is 11.3 Å². The van der Waals surface area contributed by atoms with E-state index in [1.807, 2.05) is 6.92 Å². The molecule has 0 saturated carbocycles. The zero-order chi connectivity index (χ0) is 15.9. The first kappa shape index (κ1) is 15.7. The molecule has 7 nitrogen and oxygen atoms in total. The Balaban J connectivity index is 2.11. The monoisotopic (exact) mass is 362 g/mol. The van der Waals surface area contributed by atoms with Gasteiger partial charge in [0.25, 0.3) is 0 Å². The second-order valence-corrected chi connectivity index (χ2v) is 8.10. The fourth-order valence-electron chi connectivity index (χ4n) is 2.39. The average Bonchev–Trinajstić information content (AvgIpc) is 2.80. The van der Waals surface area contributed by atoms with Crippen molar-refractivity contribution >= 4 is 54.7 Å². The lowest BCUT2D eigenvalue weighted by Gasteiger charge is -2.34. The van der Waals surface area contributed by atoms with Crippen molar-refractivity contribution in [2.24, 2.45) is 0 Å². The second kappa shape index (κ2) is 5.80. The quantitative estimate of drug-likeness (QED) is 0.840. The van der Waals surface area contributed by atoms with Crippen molar-refractivity contribution in [2.45, 2.75) is 13.0 Å².